The molecule has 0 aromatic carbocycles. The van der Waals surface area contributed by atoms with Gasteiger partial charge in [0, 0.05) is 24.1 Å². The third-order valence-electron chi connectivity index (χ3n) is 2.44. The van der Waals surface area contributed by atoms with Gasteiger partial charge in [0.15, 0.2) is 0 Å². The summed E-state index contributed by atoms with van der Waals surface area (Å²) in [5.74, 6) is 0. The molecule has 1 atom stereocenters. The summed E-state index contributed by atoms with van der Waals surface area (Å²) < 4.78 is 0. The van der Waals surface area contributed by atoms with Gasteiger partial charge in [0.1, 0.15) is 0 Å². The topological polar surface area (TPSA) is 32.3 Å². The lowest BCUT2D eigenvalue weighted by molar-refractivity contribution is 0.266. The molecule has 0 amide bonds. The molecule has 1 unspecified atom stereocenters. The average molecular weight is 253 g/mol. The van der Waals surface area contributed by atoms with E-state index in [0.29, 0.717) is 0 Å². The van der Waals surface area contributed by atoms with Crippen molar-refractivity contribution in [2.24, 2.45) is 0 Å². The van der Waals surface area contributed by atoms with Gasteiger partial charge < -0.3 is 10.4 Å². The van der Waals surface area contributed by atoms with E-state index in [9.17, 15) is 0 Å². The second-order valence-electron chi connectivity index (χ2n) is 3.59. The molecule has 0 saturated heterocycles. The van der Waals surface area contributed by atoms with Crippen LogP contribution in [0.1, 0.15) is 22.9 Å². The van der Waals surface area contributed by atoms with Gasteiger partial charge in [-0.15, -0.1) is 11.3 Å². The largest absolute Gasteiger partial charge is 0.396 e. The first kappa shape index (κ1) is 11.8. The molecule has 0 aliphatic rings. The van der Waals surface area contributed by atoms with Crippen LogP contribution in [0.4, 0.5) is 0 Å². The summed E-state index contributed by atoms with van der Waals surface area (Å²) in [7, 11) is 0. The van der Waals surface area contributed by atoms with Crippen molar-refractivity contribution in [1.82, 2.24) is 5.32 Å². The molecule has 0 aliphatic carbocycles. The molecule has 2 nitrogen and oxygen atoms in total. The van der Waals surface area contributed by atoms with Crippen molar-refractivity contribution in [2.45, 2.75) is 19.0 Å². The summed E-state index contributed by atoms with van der Waals surface area (Å²) in [6.07, 6.45) is 0.769. The van der Waals surface area contributed by atoms with Crippen molar-refractivity contribution in [3.05, 3.63) is 44.8 Å². The maximum Gasteiger partial charge on any atom is 0.0449 e. The van der Waals surface area contributed by atoms with Crippen LogP contribution in [-0.4, -0.2) is 11.7 Å². The molecule has 0 aliphatic heterocycles. The highest BCUT2D eigenvalue weighted by Gasteiger charge is 2.11. The monoisotopic (exact) mass is 253 g/mol. The molecule has 2 rings (SSSR count). The molecule has 16 heavy (non-hydrogen) atoms. The van der Waals surface area contributed by atoms with Gasteiger partial charge in [0.2, 0.25) is 0 Å². The van der Waals surface area contributed by atoms with E-state index in [2.05, 4.69) is 39.7 Å². The summed E-state index contributed by atoms with van der Waals surface area (Å²) in [4.78, 5) is 1.30. The lowest BCUT2D eigenvalue weighted by Crippen LogP contribution is -2.20. The van der Waals surface area contributed by atoms with Gasteiger partial charge in [0.05, 0.1) is 0 Å². The van der Waals surface area contributed by atoms with Crippen LogP contribution in [0.2, 0.25) is 0 Å². The lowest BCUT2D eigenvalue weighted by atomic mass is 10.1. The standard InChI is InChI=1S/C12H15NOS2/c14-5-3-11(12-2-1-6-16-12)13-8-10-4-7-15-9-10/h1-2,4,6-7,9,11,13-14H,3,5,8H2. The molecular weight excluding hydrogens is 238 g/mol. The van der Waals surface area contributed by atoms with Gasteiger partial charge in [-0.25, -0.2) is 0 Å². The zero-order valence-corrected chi connectivity index (χ0v) is 10.6. The predicted molar refractivity (Wildman–Crippen MR) is 69.9 cm³/mol. The summed E-state index contributed by atoms with van der Waals surface area (Å²) in [5.41, 5.74) is 1.31. The van der Waals surface area contributed by atoms with Gasteiger partial charge in [-0.2, -0.15) is 11.3 Å². The third kappa shape index (κ3) is 3.15. The molecule has 0 radical (unpaired) electrons. The molecule has 0 spiro atoms. The normalized spacial score (nSPS) is 12.8. The maximum atomic E-state index is 9.06. The first-order chi connectivity index (χ1) is 7.90. The summed E-state index contributed by atoms with van der Waals surface area (Å²) in [6, 6.07) is 6.56. The van der Waals surface area contributed by atoms with Crippen LogP contribution in [0.3, 0.4) is 0 Å². The fraction of sp³-hybridized carbons (Fsp3) is 0.333. The van der Waals surface area contributed by atoms with E-state index in [1.807, 2.05) is 0 Å². The van der Waals surface area contributed by atoms with Crippen LogP contribution in [0.25, 0.3) is 0 Å². The van der Waals surface area contributed by atoms with Crippen molar-refractivity contribution in [2.75, 3.05) is 6.61 Å². The van der Waals surface area contributed by atoms with Crippen LogP contribution < -0.4 is 5.32 Å². The molecule has 2 aromatic heterocycles. The Morgan fingerprint density at radius 1 is 1.31 bits per heavy atom. The van der Waals surface area contributed by atoms with E-state index in [-0.39, 0.29) is 12.6 Å². The van der Waals surface area contributed by atoms with E-state index in [1.165, 1.54) is 10.4 Å². The maximum absolute atomic E-state index is 9.06. The lowest BCUT2D eigenvalue weighted by Gasteiger charge is -2.15. The van der Waals surface area contributed by atoms with E-state index in [1.54, 1.807) is 22.7 Å². The molecule has 4 heteroatoms. The predicted octanol–water partition coefficient (Wildman–Crippen LogP) is 3.02. The fourth-order valence-electron chi connectivity index (χ4n) is 1.60. The van der Waals surface area contributed by atoms with Crippen LogP contribution in [0, 0.1) is 0 Å². The smallest absolute Gasteiger partial charge is 0.0449 e. The van der Waals surface area contributed by atoms with Gasteiger partial charge in [-0.1, -0.05) is 6.07 Å². The molecule has 86 valence electrons. The van der Waals surface area contributed by atoms with Gasteiger partial charge in [-0.05, 0) is 40.3 Å². The molecule has 2 aromatic rings. The van der Waals surface area contributed by atoms with Crippen molar-refractivity contribution >= 4 is 22.7 Å². The van der Waals surface area contributed by atoms with Gasteiger partial charge in [-0.3, -0.25) is 0 Å². The Morgan fingerprint density at radius 3 is 2.88 bits per heavy atom. The fourth-order valence-corrected chi connectivity index (χ4v) is 3.10. The van der Waals surface area contributed by atoms with Gasteiger partial charge >= 0.3 is 0 Å². The van der Waals surface area contributed by atoms with Crippen LogP contribution in [-0.2, 0) is 6.54 Å². The zero-order valence-electron chi connectivity index (χ0n) is 8.93. The van der Waals surface area contributed by atoms with E-state index < -0.39 is 0 Å². The third-order valence-corrected chi connectivity index (χ3v) is 4.16. The minimum Gasteiger partial charge on any atom is -0.396 e. The van der Waals surface area contributed by atoms with E-state index in [4.69, 9.17) is 5.11 Å². The van der Waals surface area contributed by atoms with E-state index in [0.717, 1.165) is 13.0 Å². The van der Waals surface area contributed by atoms with Crippen LogP contribution >= 0.6 is 22.7 Å². The highest BCUT2D eigenvalue weighted by molar-refractivity contribution is 7.10. The second-order valence-corrected chi connectivity index (χ2v) is 5.35. The minimum atomic E-state index is 0.221. The summed E-state index contributed by atoms with van der Waals surface area (Å²) >= 11 is 3.45. The number of rotatable bonds is 6. The van der Waals surface area contributed by atoms with Crippen LogP contribution in [0.15, 0.2) is 34.3 Å². The molecular formula is C12H15NOS2. The Balaban J connectivity index is 1.93. The summed E-state index contributed by atoms with van der Waals surface area (Å²) in [5, 5.41) is 18.9. The van der Waals surface area contributed by atoms with E-state index >= 15 is 0 Å². The number of thiophene rings is 2. The van der Waals surface area contributed by atoms with Crippen molar-refractivity contribution < 1.29 is 5.11 Å². The first-order valence-electron chi connectivity index (χ1n) is 5.29. The quantitative estimate of drug-likeness (QED) is 0.829. The number of hydrogen-bond acceptors (Lipinski definition) is 4. The number of hydrogen-bond donors (Lipinski definition) is 2. The average Bonchev–Trinajstić information content (AvgIpc) is 2.96. The Morgan fingerprint density at radius 2 is 2.25 bits per heavy atom. The SMILES string of the molecule is OCCC(NCc1ccsc1)c1cccs1. The second kappa shape index (κ2) is 6.15. The zero-order chi connectivity index (χ0) is 11.2. The van der Waals surface area contributed by atoms with Crippen molar-refractivity contribution in [3.8, 4) is 0 Å². The van der Waals surface area contributed by atoms with Gasteiger partial charge in [0.25, 0.3) is 0 Å². The highest BCUT2D eigenvalue weighted by atomic mass is 32.1. The molecule has 0 saturated carbocycles. The Labute approximate surface area is 104 Å². The Kier molecular flexibility index (Phi) is 4.54. The molecule has 2 heterocycles. The Bertz CT molecular complexity index is 383. The summed E-state index contributed by atoms with van der Waals surface area (Å²) in [6.45, 7) is 1.09. The highest BCUT2D eigenvalue weighted by Crippen LogP contribution is 2.22. The van der Waals surface area contributed by atoms with Crippen LogP contribution in [0.5, 0.6) is 0 Å². The number of aliphatic hydroxyl groups excluding tert-OH is 1. The molecule has 0 bridgehead atoms. The number of nitrogens with one attached hydrogen (secondary N) is 1. The Hall–Kier alpha value is -0.680. The minimum absolute atomic E-state index is 0.221. The first-order valence-corrected chi connectivity index (χ1v) is 7.11. The van der Waals surface area contributed by atoms with Crippen molar-refractivity contribution in [3.63, 3.8) is 0 Å². The molecule has 0 fully saturated rings. The van der Waals surface area contributed by atoms with Crippen molar-refractivity contribution in [1.29, 1.82) is 0 Å². The molecule has 2 N–H and O–H groups in total. The number of aliphatic hydroxyl groups is 1.